The highest BCUT2D eigenvalue weighted by Crippen LogP contribution is 2.21. The monoisotopic (exact) mass is 347 g/mol. The Hall–Kier alpha value is -2.28. The van der Waals surface area contributed by atoms with Gasteiger partial charge in [-0.15, -0.1) is 11.8 Å². The summed E-state index contributed by atoms with van der Waals surface area (Å²) in [5.74, 6) is 1.22. The Kier molecular flexibility index (Phi) is 6.87. The predicted octanol–water partition coefficient (Wildman–Crippen LogP) is 3.84. The lowest BCUT2D eigenvalue weighted by molar-refractivity contribution is -0.116. The molecule has 1 aromatic heterocycles. The van der Waals surface area contributed by atoms with E-state index in [0.717, 1.165) is 23.4 Å². The van der Waals surface area contributed by atoms with Crippen molar-refractivity contribution in [2.75, 3.05) is 16.4 Å². The SMILES string of the molecule is CCCCC(=O)Nc1ccc(SCC(=O)Nc2cc(C)on2)cc1. The number of anilines is 2. The van der Waals surface area contributed by atoms with Gasteiger partial charge in [0.25, 0.3) is 0 Å². The molecule has 0 unspecified atom stereocenters. The fraction of sp³-hybridized carbons (Fsp3) is 0.353. The van der Waals surface area contributed by atoms with Crippen LogP contribution in [0.1, 0.15) is 31.9 Å². The number of aromatic nitrogens is 1. The minimum absolute atomic E-state index is 0.0273. The molecule has 2 aromatic rings. The summed E-state index contributed by atoms with van der Waals surface area (Å²) in [6.07, 6.45) is 2.42. The molecule has 0 aliphatic heterocycles. The number of hydrogen-bond donors (Lipinski definition) is 2. The van der Waals surface area contributed by atoms with E-state index in [1.54, 1.807) is 13.0 Å². The molecule has 0 saturated carbocycles. The fourth-order valence-corrected chi connectivity index (χ4v) is 2.65. The summed E-state index contributed by atoms with van der Waals surface area (Å²) in [5, 5.41) is 9.24. The standard InChI is InChI=1S/C17H21N3O3S/c1-3-4-5-16(21)18-13-6-8-14(9-7-13)24-11-17(22)19-15-10-12(2)23-20-15/h6-10H,3-5,11H2,1-2H3,(H,18,21)(H,19,20,22). The van der Waals surface area contributed by atoms with Crippen LogP contribution >= 0.6 is 11.8 Å². The zero-order chi connectivity index (χ0) is 17.4. The van der Waals surface area contributed by atoms with Crippen LogP contribution < -0.4 is 10.6 Å². The molecule has 0 aliphatic rings. The average molecular weight is 347 g/mol. The van der Waals surface area contributed by atoms with Crippen molar-refractivity contribution < 1.29 is 14.1 Å². The summed E-state index contributed by atoms with van der Waals surface area (Å²) in [6.45, 7) is 3.82. The maximum atomic E-state index is 11.8. The summed E-state index contributed by atoms with van der Waals surface area (Å²) < 4.78 is 4.89. The third-order valence-electron chi connectivity index (χ3n) is 3.16. The third kappa shape index (κ3) is 6.08. The number of unbranched alkanes of at least 4 members (excludes halogenated alkanes) is 1. The van der Waals surface area contributed by atoms with Gasteiger partial charge in [0.05, 0.1) is 5.75 Å². The molecule has 2 N–H and O–H groups in total. The first-order valence-electron chi connectivity index (χ1n) is 7.82. The summed E-state index contributed by atoms with van der Waals surface area (Å²) in [5.41, 5.74) is 0.767. The molecule has 0 spiro atoms. The van der Waals surface area contributed by atoms with Gasteiger partial charge < -0.3 is 15.2 Å². The van der Waals surface area contributed by atoms with Gasteiger partial charge in [0.15, 0.2) is 5.82 Å². The Labute approximate surface area is 145 Å². The molecule has 7 heteroatoms. The average Bonchev–Trinajstić information content (AvgIpc) is 2.97. The Morgan fingerprint density at radius 1 is 1.17 bits per heavy atom. The molecule has 2 amide bonds. The smallest absolute Gasteiger partial charge is 0.235 e. The van der Waals surface area contributed by atoms with Crippen molar-refractivity contribution in [1.29, 1.82) is 0 Å². The zero-order valence-corrected chi connectivity index (χ0v) is 14.6. The summed E-state index contributed by atoms with van der Waals surface area (Å²) in [4.78, 5) is 24.5. The van der Waals surface area contributed by atoms with Crippen molar-refractivity contribution >= 4 is 35.1 Å². The van der Waals surface area contributed by atoms with E-state index in [1.165, 1.54) is 11.8 Å². The van der Waals surface area contributed by atoms with Crippen molar-refractivity contribution in [3.8, 4) is 0 Å². The number of thioether (sulfide) groups is 1. The number of carbonyl (C=O) groups is 2. The predicted molar refractivity (Wildman–Crippen MR) is 95.2 cm³/mol. The topological polar surface area (TPSA) is 84.2 Å². The summed E-state index contributed by atoms with van der Waals surface area (Å²) >= 11 is 1.41. The Morgan fingerprint density at radius 2 is 1.92 bits per heavy atom. The number of nitrogens with one attached hydrogen (secondary N) is 2. The number of aryl methyl sites for hydroxylation is 1. The van der Waals surface area contributed by atoms with E-state index in [4.69, 9.17) is 4.52 Å². The molecule has 0 fully saturated rings. The van der Waals surface area contributed by atoms with Crippen molar-refractivity contribution in [2.24, 2.45) is 0 Å². The Bertz CT molecular complexity index is 683. The fourth-order valence-electron chi connectivity index (χ4n) is 1.95. The molecule has 0 aliphatic carbocycles. The van der Waals surface area contributed by atoms with Gasteiger partial charge in [0.2, 0.25) is 11.8 Å². The lowest BCUT2D eigenvalue weighted by Crippen LogP contribution is -2.14. The lowest BCUT2D eigenvalue weighted by atomic mass is 10.2. The molecule has 1 heterocycles. The van der Waals surface area contributed by atoms with Crippen LogP contribution in [0.15, 0.2) is 39.8 Å². The maximum absolute atomic E-state index is 11.8. The second-order valence-corrected chi connectivity index (χ2v) is 6.38. The van der Waals surface area contributed by atoms with Crippen LogP contribution in [0.2, 0.25) is 0 Å². The van der Waals surface area contributed by atoms with Crippen LogP contribution in [-0.2, 0) is 9.59 Å². The first kappa shape index (κ1) is 18.1. The van der Waals surface area contributed by atoms with Crippen molar-refractivity contribution in [3.05, 3.63) is 36.1 Å². The lowest BCUT2D eigenvalue weighted by Gasteiger charge is -2.06. The highest BCUT2D eigenvalue weighted by Gasteiger charge is 2.07. The van der Waals surface area contributed by atoms with Crippen molar-refractivity contribution in [2.45, 2.75) is 38.0 Å². The number of amides is 2. The van der Waals surface area contributed by atoms with E-state index in [-0.39, 0.29) is 17.6 Å². The van der Waals surface area contributed by atoms with Crippen LogP contribution in [0.4, 0.5) is 11.5 Å². The zero-order valence-electron chi connectivity index (χ0n) is 13.8. The third-order valence-corrected chi connectivity index (χ3v) is 4.17. The molecule has 0 radical (unpaired) electrons. The second kappa shape index (κ2) is 9.12. The molecule has 24 heavy (non-hydrogen) atoms. The normalized spacial score (nSPS) is 10.4. The van der Waals surface area contributed by atoms with E-state index in [0.29, 0.717) is 18.0 Å². The summed E-state index contributed by atoms with van der Waals surface area (Å²) in [7, 11) is 0. The van der Waals surface area contributed by atoms with E-state index in [2.05, 4.69) is 22.7 Å². The number of benzene rings is 1. The van der Waals surface area contributed by atoms with E-state index < -0.39 is 0 Å². The number of carbonyl (C=O) groups excluding carboxylic acids is 2. The molecule has 2 rings (SSSR count). The minimum Gasteiger partial charge on any atom is -0.360 e. The molecule has 0 atom stereocenters. The molecule has 1 aromatic carbocycles. The van der Waals surface area contributed by atoms with Gasteiger partial charge in [-0.3, -0.25) is 9.59 Å². The van der Waals surface area contributed by atoms with Crippen molar-refractivity contribution in [3.63, 3.8) is 0 Å². The molecule has 0 saturated heterocycles. The molecular formula is C17H21N3O3S. The first-order chi connectivity index (χ1) is 11.6. The molecular weight excluding hydrogens is 326 g/mol. The number of rotatable bonds is 8. The van der Waals surface area contributed by atoms with Gasteiger partial charge in [-0.05, 0) is 37.6 Å². The molecule has 6 nitrogen and oxygen atoms in total. The first-order valence-corrected chi connectivity index (χ1v) is 8.81. The van der Waals surface area contributed by atoms with Gasteiger partial charge in [-0.2, -0.15) is 0 Å². The second-order valence-electron chi connectivity index (χ2n) is 5.34. The molecule has 128 valence electrons. The van der Waals surface area contributed by atoms with Gasteiger partial charge in [-0.25, -0.2) is 0 Å². The van der Waals surface area contributed by atoms with Crippen LogP contribution in [-0.4, -0.2) is 22.7 Å². The number of nitrogens with zero attached hydrogens (tertiary/aromatic N) is 1. The quantitative estimate of drug-likeness (QED) is 0.709. The Morgan fingerprint density at radius 3 is 2.54 bits per heavy atom. The van der Waals surface area contributed by atoms with E-state index in [1.807, 2.05) is 24.3 Å². The highest BCUT2D eigenvalue weighted by atomic mass is 32.2. The van der Waals surface area contributed by atoms with Gasteiger partial charge in [0.1, 0.15) is 5.76 Å². The largest absolute Gasteiger partial charge is 0.360 e. The highest BCUT2D eigenvalue weighted by molar-refractivity contribution is 8.00. The van der Waals surface area contributed by atoms with Gasteiger partial charge >= 0.3 is 0 Å². The van der Waals surface area contributed by atoms with E-state index in [9.17, 15) is 9.59 Å². The van der Waals surface area contributed by atoms with E-state index >= 15 is 0 Å². The van der Waals surface area contributed by atoms with Crippen LogP contribution in [0.5, 0.6) is 0 Å². The van der Waals surface area contributed by atoms with Crippen LogP contribution in [0.25, 0.3) is 0 Å². The van der Waals surface area contributed by atoms with Crippen molar-refractivity contribution in [1.82, 2.24) is 5.16 Å². The van der Waals surface area contributed by atoms with Gasteiger partial charge in [-0.1, -0.05) is 18.5 Å². The van der Waals surface area contributed by atoms with Crippen LogP contribution in [0, 0.1) is 6.92 Å². The van der Waals surface area contributed by atoms with Crippen LogP contribution in [0.3, 0.4) is 0 Å². The minimum atomic E-state index is -0.148. The number of hydrogen-bond acceptors (Lipinski definition) is 5. The molecule has 0 bridgehead atoms. The summed E-state index contributed by atoms with van der Waals surface area (Å²) in [6, 6.07) is 9.11. The Balaban J connectivity index is 1.77. The van der Waals surface area contributed by atoms with Gasteiger partial charge in [0, 0.05) is 23.1 Å². The maximum Gasteiger partial charge on any atom is 0.235 e.